The molecular formula is C15H19N3O. The monoisotopic (exact) mass is 257 g/mol. The number of hydrogen-bond acceptors (Lipinski definition) is 3. The predicted molar refractivity (Wildman–Crippen MR) is 72.6 cm³/mol. The van der Waals surface area contributed by atoms with Crippen molar-refractivity contribution in [1.82, 2.24) is 14.8 Å². The van der Waals surface area contributed by atoms with Crippen LogP contribution < -0.4 is 0 Å². The third-order valence-corrected chi connectivity index (χ3v) is 3.83. The lowest BCUT2D eigenvalue weighted by Gasteiger charge is -2.10. The predicted octanol–water partition coefficient (Wildman–Crippen LogP) is 2.67. The lowest BCUT2D eigenvalue weighted by molar-refractivity contribution is 0.176. The van der Waals surface area contributed by atoms with Crippen molar-refractivity contribution >= 4 is 0 Å². The van der Waals surface area contributed by atoms with Crippen LogP contribution in [0.15, 0.2) is 36.8 Å². The number of pyridine rings is 1. The van der Waals surface area contributed by atoms with E-state index < -0.39 is 6.10 Å². The molecule has 2 aromatic rings. The Bertz CT molecular complexity index is 517. The maximum atomic E-state index is 10.2. The van der Waals surface area contributed by atoms with Crippen LogP contribution in [0.3, 0.4) is 0 Å². The van der Waals surface area contributed by atoms with E-state index in [2.05, 4.69) is 14.8 Å². The first-order valence-corrected chi connectivity index (χ1v) is 6.95. The normalized spacial score (nSPS) is 17.7. The van der Waals surface area contributed by atoms with Gasteiger partial charge in [0, 0.05) is 25.0 Å². The van der Waals surface area contributed by atoms with Crippen LogP contribution in [0.25, 0.3) is 0 Å². The smallest absolute Gasteiger partial charge is 0.0860 e. The SMILES string of the molecule is OC(Cc1ccn(C2CCCC2)n1)c1cccnc1. The number of aliphatic hydroxyl groups excluding tert-OH is 1. The summed E-state index contributed by atoms with van der Waals surface area (Å²) in [5.74, 6) is 0. The van der Waals surface area contributed by atoms with Gasteiger partial charge in [-0.1, -0.05) is 18.9 Å². The highest BCUT2D eigenvalue weighted by Crippen LogP contribution is 2.29. The summed E-state index contributed by atoms with van der Waals surface area (Å²) >= 11 is 0. The Kier molecular flexibility index (Phi) is 3.60. The zero-order valence-corrected chi connectivity index (χ0v) is 10.9. The van der Waals surface area contributed by atoms with E-state index in [1.165, 1.54) is 25.7 Å². The molecule has 0 radical (unpaired) electrons. The van der Waals surface area contributed by atoms with Gasteiger partial charge in [0.1, 0.15) is 0 Å². The van der Waals surface area contributed by atoms with Gasteiger partial charge in [-0.3, -0.25) is 9.67 Å². The van der Waals surface area contributed by atoms with Crippen molar-refractivity contribution < 1.29 is 5.11 Å². The van der Waals surface area contributed by atoms with Gasteiger partial charge in [-0.05, 0) is 30.5 Å². The van der Waals surface area contributed by atoms with Crippen LogP contribution in [-0.2, 0) is 6.42 Å². The lowest BCUT2D eigenvalue weighted by atomic mass is 10.1. The molecule has 0 aliphatic heterocycles. The molecule has 1 aliphatic carbocycles. The molecule has 1 atom stereocenters. The Morgan fingerprint density at radius 2 is 2.16 bits per heavy atom. The maximum absolute atomic E-state index is 10.2. The van der Waals surface area contributed by atoms with E-state index in [4.69, 9.17) is 0 Å². The topological polar surface area (TPSA) is 50.9 Å². The molecule has 100 valence electrons. The minimum atomic E-state index is -0.527. The van der Waals surface area contributed by atoms with Gasteiger partial charge in [0.2, 0.25) is 0 Å². The van der Waals surface area contributed by atoms with Gasteiger partial charge in [0.05, 0.1) is 17.8 Å². The molecule has 4 nitrogen and oxygen atoms in total. The van der Waals surface area contributed by atoms with Crippen LogP contribution in [0.2, 0.25) is 0 Å². The first kappa shape index (κ1) is 12.4. The van der Waals surface area contributed by atoms with Crippen LogP contribution in [0.5, 0.6) is 0 Å². The highest BCUT2D eigenvalue weighted by Gasteiger charge is 2.18. The molecule has 1 aliphatic rings. The molecule has 4 heteroatoms. The molecular weight excluding hydrogens is 238 g/mol. The Morgan fingerprint density at radius 1 is 1.32 bits per heavy atom. The van der Waals surface area contributed by atoms with Crippen molar-refractivity contribution in [2.45, 2.75) is 44.2 Å². The molecule has 2 heterocycles. The summed E-state index contributed by atoms with van der Waals surface area (Å²) in [6, 6.07) is 6.31. The summed E-state index contributed by atoms with van der Waals surface area (Å²) in [6.45, 7) is 0. The van der Waals surface area contributed by atoms with Crippen molar-refractivity contribution in [3.05, 3.63) is 48.0 Å². The Balaban J connectivity index is 1.66. The Hall–Kier alpha value is -1.68. The van der Waals surface area contributed by atoms with Crippen LogP contribution >= 0.6 is 0 Å². The third kappa shape index (κ3) is 2.84. The second kappa shape index (κ2) is 5.53. The zero-order chi connectivity index (χ0) is 13.1. The quantitative estimate of drug-likeness (QED) is 0.916. The van der Waals surface area contributed by atoms with Gasteiger partial charge in [-0.2, -0.15) is 5.10 Å². The van der Waals surface area contributed by atoms with Crippen molar-refractivity contribution in [2.24, 2.45) is 0 Å². The molecule has 0 spiro atoms. The van der Waals surface area contributed by atoms with Crippen LogP contribution in [0, 0.1) is 0 Å². The third-order valence-electron chi connectivity index (χ3n) is 3.83. The molecule has 0 bridgehead atoms. The average molecular weight is 257 g/mol. The zero-order valence-electron chi connectivity index (χ0n) is 10.9. The number of aromatic nitrogens is 3. The van der Waals surface area contributed by atoms with Crippen LogP contribution in [0.1, 0.15) is 49.1 Å². The molecule has 1 N–H and O–H groups in total. The highest BCUT2D eigenvalue weighted by molar-refractivity contribution is 5.14. The first-order valence-electron chi connectivity index (χ1n) is 6.95. The van der Waals surface area contributed by atoms with Gasteiger partial charge < -0.3 is 5.11 Å². The van der Waals surface area contributed by atoms with E-state index in [0.29, 0.717) is 12.5 Å². The summed E-state index contributed by atoms with van der Waals surface area (Å²) in [4.78, 5) is 4.03. The van der Waals surface area contributed by atoms with Crippen molar-refractivity contribution in [3.63, 3.8) is 0 Å². The molecule has 1 saturated carbocycles. The maximum Gasteiger partial charge on any atom is 0.0860 e. The van der Waals surface area contributed by atoms with Gasteiger partial charge in [-0.15, -0.1) is 0 Å². The number of aliphatic hydroxyl groups is 1. The minimum Gasteiger partial charge on any atom is -0.388 e. The van der Waals surface area contributed by atoms with E-state index in [1.54, 1.807) is 12.4 Å². The number of nitrogens with zero attached hydrogens (tertiary/aromatic N) is 3. The van der Waals surface area contributed by atoms with E-state index in [-0.39, 0.29) is 0 Å². The summed E-state index contributed by atoms with van der Waals surface area (Å²) in [6.07, 6.45) is 10.5. The van der Waals surface area contributed by atoms with Gasteiger partial charge in [-0.25, -0.2) is 0 Å². The fourth-order valence-electron chi connectivity index (χ4n) is 2.75. The number of rotatable bonds is 4. The highest BCUT2D eigenvalue weighted by atomic mass is 16.3. The summed E-state index contributed by atoms with van der Waals surface area (Å²) in [5.41, 5.74) is 1.79. The van der Waals surface area contributed by atoms with Crippen molar-refractivity contribution in [2.75, 3.05) is 0 Å². The minimum absolute atomic E-state index is 0.527. The second-order valence-electron chi connectivity index (χ2n) is 5.23. The van der Waals surface area contributed by atoms with Gasteiger partial charge in [0.25, 0.3) is 0 Å². The van der Waals surface area contributed by atoms with Gasteiger partial charge >= 0.3 is 0 Å². The standard InChI is InChI=1S/C15H19N3O/c19-15(12-4-3-8-16-11-12)10-13-7-9-18(17-13)14-5-1-2-6-14/h3-4,7-9,11,14-15,19H,1-2,5-6,10H2. The first-order chi connectivity index (χ1) is 9.33. The van der Waals surface area contributed by atoms with Crippen LogP contribution in [0.4, 0.5) is 0 Å². The Morgan fingerprint density at radius 3 is 2.89 bits per heavy atom. The van der Waals surface area contributed by atoms with E-state index in [9.17, 15) is 5.11 Å². The summed E-state index contributed by atoms with van der Waals surface area (Å²) in [7, 11) is 0. The van der Waals surface area contributed by atoms with E-state index >= 15 is 0 Å². The molecule has 19 heavy (non-hydrogen) atoms. The molecule has 1 unspecified atom stereocenters. The van der Waals surface area contributed by atoms with Gasteiger partial charge in [0.15, 0.2) is 0 Å². The van der Waals surface area contributed by atoms with E-state index in [1.807, 2.05) is 24.4 Å². The van der Waals surface area contributed by atoms with Crippen molar-refractivity contribution in [1.29, 1.82) is 0 Å². The summed E-state index contributed by atoms with van der Waals surface area (Å²) < 4.78 is 2.07. The largest absolute Gasteiger partial charge is 0.388 e. The van der Waals surface area contributed by atoms with Crippen LogP contribution in [-0.4, -0.2) is 19.9 Å². The fraction of sp³-hybridized carbons (Fsp3) is 0.467. The molecule has 3 rings (SSSR count). The molecule has 2 aromatic heterocycles. The molecule has 1 fully saturated rings. The second-order valence-corrected chi connectivity index (χ2v) is 5.23. The fourth-order valence-corrected chi connectivity index (χ4v) is 2.75. The average Bonchev–Trinajstić information content (AvgIpc) is 3.10. The molecule has 0 amide bonds. The van der Waals surface area contributed by atoms with E-state index in [0.717, 1.165) is 11.3 Å². The van der Waals surface area contributed by atoms with Crippen molar-refractivity contribution in [3.8, 4) is 0 Å². The summed E-state index contributed by atoms with van der Waals surface area (Å²) in [5, 5.41) is 14.8. The molecule has 0 aromatic carbocycles. The molecule has 0 saturated heterocycles. The number of hydrogen-bond donors (Lipinski definition) is 1. The lowest BCUT2D eigenvalue weighted by Crippen LogP contribution is -2.07. The Labute approximate surface area is 113 Å².